The molecular formula is C10H13N3. The molecule has 0 aliphatic heterocycles. The van der Waals surface area contributed by atoms with Crippen LogP contribution in [0.3, 0.4) is 0 Å². The van der Waals surface area contributed by atoms with Gasteiger partial charge in [0, 0.05) is 11.7 Å². The van der Waals surface area contributed by atoms with Crippen LogP contribution in [0.25, 0.3) is 0 Å². The quantitative estimate of drug-likeness (QED) is 0.668. The van der Waals surface area contributed by atoms with Gasteiger partial charge >= 0.3 is 0 Å². The van der Waals surface area contributed by atoms with E-state index in [2.05, 4.69) is 0 Å². The summed E-state index contributed by atoms with van der Waals surface area (Å²) in [5, 5.41) is 8.50. The molecule has 0 amide bonds. The monoisotopic (exact) mass is 175 g/mol. The van der Waals surface area contributed by atoms with Crippen molar-refractivity contribution in [3.63, 3.8) is 0 Å². The Kier molecular flexibility index (Phi) is 2.88. The lowest BCUT2D eigenvalue weighted by Crippen LogP contribution is -2.11. The van der Waals surface area contributed by atoms with Gasteiger partial charge in [0.1, 0.15) is 0 Å². The SMILES string of the molecule is Cc1ccc(N)cc1[C@H](N)CC#N. The molecule has 0 heterocycles. The van der Waals surface area contributed by atoms with E-state index in [1.165, 1.54) is 0 Å². The lowest BCUT2D eigenvalue weighted by atomic mass is 9.99. The Balaban J connectivity index is 3.00. The Morgan fingerprint density at radius 1 is 1.54 bits per heavy atom. The number of benzene rings is 1. The topological polar surface area (TPSA) is 75.8 Å². The molecule has 0 aromatic heterocycles. The average Bonchev–Trinajstić information content (AvgIpc) is 2.09. The number of nitrogens with zero attached hydrogens (tertiary/aromatic N) is 1. The smallest absolute Gasteiger partial charge is 0.0641 e. The number of hydrogen-bond acceptors (Lipinski definition) is 3. The van der Waals surface area contributed by atoms with Crippen LogP contribution < -0.4 is 11.5 Å². The first-order valence-electron chi connectivity index (χ1n) is 4.13. The number of rotatable bonds is 2. The van der Waals surface area contributed by atoms with Crippen molar-refractivity contribution < 1.29 is 0 Å². The number of nitrogens with two attached hydrogens (primary N) is 2. The highest BCUT2D eigenvalue weighted by Crippen LogP contribution is 2.20. The normalized spacial score (nSPS) is 12.1. The maximum Gasteiger partial charge on any atom is 0.0641 e. The first kappa shape index (κ1) is 9.56. The predicted octanol–water partition coefficient (Wildman–Crippen LogP) is 1.49. The number of hydrogen-bond donors (Lipinski definition) is 2. The Bertz CT molecular complexity index is 339. The summed E-state index contributed by atoms with van der Waals surface area (Å²) in [6.45, 7) is 1.96. The van der Waals surface area contributed by atoms with Gasteiger partial charge < -0.3 is 11.5 Å². The lowest BCUT2D eigenvalue weighted by Gasteiger charge is -2.11. The van der Waals surface area contributed by atoms with E-state index in [4.69, 9.17) is 16.7 Å². The number of nitriles is 1. The molecule has 1 aromatic rings. The third-order valence-electron chi connectivity index (χ3n) is 2.01. The van der Waals surface area contributed by atoms with Gasteiger partial charge in [-0.25, -0.2) is 0 Å². The minimum atomic E-state index is -0.228. The van der Waals surface area contributed by atoms with E-state index in [0.717, 1.165) is 11.1 Å². The standard InChI is InChI=1S/C10H13N3/c1-7-2-3-8(12)6-9(7)10(13)4-5-11/h2-3,6,10H,4,12-13H2,1H3/t10-/m1/s1. The highest BCUT2D eigenvalue weighted by Gasteiger charge is 2.08. The van der Waals surface area contributed by atoms with Gasteiger partial charge in [0.25, 0.3) is 0 Å². The molecule has 0 saturated heterocycles. The van der Waals surface area contributed by atoms with Crippen LogP contribution in [0.5, 0.6) is 0 Å². The van der Waals surface area contributed by atoms with Crippen molar-refractivity contribution in [1.29, 1.82) is 5.26 Å². The summed E-state index contributed by atoms with van der Waals surface area (Å²) in [6, 6.07) is 7.40. The summed E-state index contributed by atoms with van der Waals surface area (Å²) < 4.78 is 0. The van der Waals surface area contributed by atoms with Gasteiger partial charge in [0.05, 0.1) is 12.5 Å². The van der Waals surface area contributed by atoms with Crippen LogP contribution >= 0.6 is 0 Å². The Labute approximate surface area is 78.0 Å². The van der Waals surface area contributed by atoms with Gasteiger partial charge in [-0.3, -0.25) is 0 Å². The van der Waals surface area contributed by atoms with Gasteiger partial charge in [0.15, 0.2) is 0 Å². The number of nitrogen functional groups attached to an aromatic ring is 1. The van der Waals surface area contributed by atoms with Crippen molar-refractivity contribution in [2.45, 2.75) is 19.4 Å². The minimum Gasteiger partial charge on any atom is -0.399 e. The number of aryl methyl sites for hydroxylation is 1. The molecule has 13 heavy (non-hydrogen) atoms. The first-order chi connectivity index (χ1) is 6.15. The molecule has 1 atom stereocenters. The second kappa shape index (κ2) is 3.92. The summed E-state index contributed by atoms with van der Waals surface area (Å²) in [5.74, 6) is 0. The minimum absolute atomic E-state index is 0.228. The lowest BCUT2D eigenvalue weighted by molar-refractivity contribution is 0.743. The molecule has 0 radical (unpaired) electrons. The molecule has 0 aliphatic rings. The summed E-state index contributed by atoms with van der Waals surface area (Å²) in [7, 11) is 0. The zero-order valence-electron chi connectivity index (χ0n) is 7.62. The summed E-state index contributed by atoms with van der Waals surface area (Å²) in [5.41, 5.74) is 14.1. The van der Waals surface area contributed by atoms with Crippen molar-refractivity contribution in [2.75, 3.05) is 5.73 Å². The van der Waals surface area contributed by atoms with Crippen LogP contribution in [0.2, 0.25) is 0 Å². The molecule has 0 spiro atoms. The summed E-state index contributed by atoms with van der Waals surface area (Å²) in [4.78, 5) is 0. The zero-order chi connectivity index (χ0) is 9.84. The van der Waals surface area contributed by atoms with Crippen LogP contribution in [-0.4, -0.2) is 0 Å². The van der Waals surface area contributed by atoms with E-state index >= 15 is 0 Å². The van der Waals surface area contributed by atoms with Gasteiger partial charge in [-0.05, 0) is 30.2 Å². The van der Waals surface area contributed by atoms with Crippen LogP contribution in [-0.2, 0) is 0 Å². The van der Waals surface area contributed by atoms with Crippen LogP contribution in [0.1, 0.15) is 23.6 Å². The van der Waals surface area contributed by atoms with E-state index in [1.807, 2.05) is 31.2 Å². The largest absolute Gasteiger partial charge is 0.399 e. The van der Waals surface area contributed by atoms with E-state index in [1.54, 1.807) is 0 Å². The molecule has 1 aromatic carbocycles. The second-order valence-corrected chi connectivity index (χ2v) is 3.08. The van der Waals surface area contributed by atoms with Gasteiger partial charge in [-0.15, -0.1) is 0 Å². The molecule has 0 unspecified atom stereocenters. The van der Waals surface area contributed by atoms with E-state index < -0.39 is 0 Å². The molecule has 0 aliphatic carbocycles. The molecule has 68 valence electrons. The van der Waals surface area contributed by atoms with Gasteiger partial charge in [0.2, 0.25) is 0 Å². The van der Waals surface area contributed by atoms with Crippen LogP contribution in [0, 0.1) is 18.3 Å². The summed E-state index contributed by atoms with van der Waals surface area (Å²) in [6.07, 6.45) is 0.324. The fourth-order valence-corrected chi connectivity index (χ4v) is 1.27. The molecule has 0 saturated carbocycles. The molecule has 0 bridgehead atoms. The molecule has 3 heteroatoms. The van der Waals surface area contributed by atoms with E-state index in [9.17, 15) is 0 Å². The third kappa shape index (κ3) is 2.20. The second-order valence-electron chi connectivity index (χ2n) is 3.08. The fourth-order valence-electron chi connectivity index (χ4n) is 1.27. The van der Waals surface area contributed by atoms with Gasteiger partial charge in [-0.1, -0.05) is 6.07 Å². The fraction of sp³-hybridized carbons (Fsp3) is 0.300. The van der Waals surface area contributed by atoms with Crippen molar-refractivity contribution in [3.05, 3.63) is 29.3 Å². The van der Waals surface area contributed by atoms with Crippen LogP contribution in [0.15, 0.2) is 18.2 Å². The maximum atomic E-state index is 8.50. The van der Waals surface area contributed by atoms with Crippen molar-refractivity contribution in [3.8, 4) is 6.07 Å². The first-order valence-corrected chi connectivity index (χ1v) is 4.13. The van der Waals surface area contributed by atoms with Gasteiger partial charge in [-0.2, -0.15) is 5.26 Å². The predicted molar refractivity (Wildman–Crippen MR) is 52.7 cm³/mol. The van der Waals surface area contributed by atoms with E-state index in [-0.39, 0.29) is 6.04 Å². The van der Waals surface area contributed by atoms with Crippen molar-refractivity contribution in [1.82, 2.24) is 0 Å². The molecular weight excluding hydrogens is 162 g/mol. The Morgan fingerprint density at radius 3 is 2.85 bits per heavy atom. The van der Waals surface area contributed by atoms with Crippen molar-refractivity contribution in [2.24, 2.45) is 5.73 Å². The highest BCUT2D eigenvalue weighted by atomic mass is 14.6. The maximum absolute atomic E-state index is 8.50. The molecule has 1 rings (SSSR count). The Morgan fingerprint density at radius 2 is 2.23 bits per heavy atom. The Hall–Kier alpha value is -1.53. The molecule has 3 nitrogen and oxygen atoms in total. The number of anilines is 1. The zero-order valence-corrected chi connectivity index (χ0v) is 7.62. The van der Waals surface area contributed by atoms with E-state index in [0.29, 0.717) is 12.1 Å². The average molecular weight is 175 g/mol. The molecule has 4 N–H and O–H groups in total. The van der Waals surface area contributed by atoms with Crippen LogP contribution in [0.4, 0.5) is 5.69 Å². The highest BCUT2D eigenvalue weighted by molar-refractivity contribution is 5.45. The summed E-state index contributed by atoms with van der Waals surface area (Å²) >= 11 is 0. The van der Waals surface area contributed by atoms with Crippen molar-refractivity contribution >= 4 is 5.69 Å². The third-order valence-corrected chi connectivity index (χ3v) is 2.01. The molecule has 0 fully saturated rings.